The van der Waals surface area contributed by atoms with Crippen LogP contribution in [0.3, 0.4) is 0 Å². The molecule has 32 heavy (non-hydrogen) atoms. The van der Waals surface area contributed by atoms with Gasteiger partial charge >= 0.3 is 6.09 Å². The molecule has 2 atom stereocenters. The Balaban J connectivity index is 1.61. The zero-order valence-electron chi connectivity index (χ0n) is 18.4. The minimum absolute atomic E-state index is 0.285. The van der Waals surface area contributed by atoms with E-state index in [4.69, 9.17) is 4.74 Å². The summed E-state index contributed by atoms with van der Waals surface area (Å²) in [7, 11) is 1.84. The first-order chi connectivity index (χ1) is 15.2. The number of aromatic nitrogens is 3. The Labute approximate surface area is 186 Å². The van der Waals surface area contributed by atoms with Crippen LogP contribution in [0.25, 0.3) is 11.1 Å². The Bertz CT molecular complexity index is 1140. The largest absolute Gasteiger partial charge is 0.444 e. The van der Waals surface area contributed by atoms with Crippen LogP contribution in [0.2, 0.25) is 0 Å². The van der Waals surface area contributed by atoms with E-state index >= 15 is 0 Å². The summed E-state index contributed by atoms with van der Waals surface area (Å²) in [4.78, 5) is 30.1. The van der Waals surface area contributed by atoms with Crippen LogP contribution >= 0.6 is 0 Å². The first-order valence-electron chi connectivity index (χ1n) is 10.3. The van der Waals surface area contributed by atoms with Gasteiger partial charge in [-0.15, -0.1) is 0 Å². The summed E-state index contributed by atoms with van der Waals surface area (Å²) in [6.45, 7) is 5.36. The first kappa shape index (κ1) is 21.4. The number of rotatable bonds is 4. The van der Waals surface area contributed by atoms with Crippen LogP contribution in [0.1, 0.15) is 32.4 Å². The molecule has 0 fully saturated rings. The molecule has 0 spiro atoms. The van der Waals surface area contributed by atoms with Crippen molar-refractivity contribution in [3.8, 4) is 11.1 Å². The third-order valence-electron chi connectivity index (χ3n) is 4.92. The Morgan fingerprint density at radius 1 is 1.19 bits per heavy atom. The van der Waals surface area contributed by atoms with E-state index in [1.807, 2.05) is 49.6 Å². The lowest BCUT2D eigenvalue weighted by Gasteiger charge is -2.33. The zero-order chi connectivity index (χ0) is 22.9. The number of hydrogen-bond donors (Lipinski definition) is 3. The maximum Gasteiger partial charge on any atom is 0.408 e. The van der Waals surface area contributed by atoms with Crippen LogP contribution in [0.5, 0.6) is 0 Å². The monoisotopic (exact) mass is 434 g/mol. The van der Waals surface area contributed by atoms with E-state index in [-0.39, 0.29) is 5.91 Å². The molecule has 1 aliphatic heterocycles. The molecular weight excluding hydrogens is 408 g/mol. The van der Waals surface area contributed by atoms with Crippen LogP contribution in [0.4, 0.5) is 16.3 Å². The SMILES string of the molecule is Cn1cc(-c2cnc3c(c2)NC(=O)[C@H]([C@H](NC(=O)OC(C)(C)C)c2ccccc2)N3)cn1. The Kier molecular flexibility index (Phi) is 5.56. The van der Waals surface area contributed by atoms with Gasteiger partial charge in [0, 0.05) is 30.6 Å². The number of fused-ring (bicyclic) bond motifs is 1. The second-order valence-electron chi connectivity index (χ2n) is 8.67. The Morgan fingerprint density at radius 3 is 2.59 bits per heavy atom. The molecule has 1 aromatic carbocycles. The summed E-state index contributed by atoms with van der Waals surface area (Å²) in [6, 6.07) is 9.68. The van der Waals surface area contributed by atoms with Crippen molar-refractivity contribution in [3.05, 3.63) is 60.6 Å². The number of nitrogens with one attached hydrogen (secondary N) is 3. The highest BCUT2D eigenvalue weighted by Gasteiger charge is 2.36. The van der Waals surface area contributed by atoms with Crippen molar-refractivity contribution in [2.24, 2.45) is 7.05 Å². The smallest absolute Gasteiger partial charge is 0.408 e. The minimum atomic E-state index is -0.783. The minimum Gasteiger partial charge on any atom is -0.444 e. The molecule has 4 rings (SSSR count). The zero-order valence-corrected chi connectivity index (χ0v) is 18.4. The summed E-state index contributed by atoms with van der Waals surface area (Å²) >= 11 is 0. The molecule has 9 nitrogen and oxygen atoms in total. The third-order valence-corrected chi connectivity index (χ3v) is 4.92. The highest BCUT2D eigenvalue weighted by Crippen LogP contribution is 2.32. The second kappa shape index (κ2) is 8.33. The molecule has 0 saturated heterocycles. The summed E-state index contributed by atoms with van der Waals surface area (Å²) in [5.41, 5.74) is 2.40. The fourth-order valence-electron chi connectivity index (χ4n) is 3.52. The van der Waals surface area contributed by atoms with Crippen molar-refractivity contribution in [1.82, 2.24) is 20.1 Å². The Morgan fingerprint density at radius 2 is 1.94 bits per heavy atom. The molecule has 3 heterocycles. The number of hydrogen-bond acceptors (Lipinski definition) is 6. The van der Waals surface area contributed by atoms with Crippen molar-refractivity contribution in [1.29, 1.82) is 0 Å². The lowest BCUT2D eigenvalue weighted by Crippen LogP contribution is -2.50. The van der Waals surface area contributed by atoms with E-state index in [2.05, 4.69) is 26.0 Å². The van der Waals surface area contributed by atoms with Gasteiger partial charge in [0.05, 0.1) is 17.9 Å². The molecule has 0 unspecified atom stereocenters. The summed E-state index contributed by atoms with van der Waals surface area (Å²) in [5.74, 6) is 0.238. The predicted molar refractivity (Wildman–Crippen MR) is 121 cm³/mol. The normalized spacial score (nSPS) is 16.4. The van der Waals surface area contributed by atoms with Gasteiger partial charge in [-0.2, -0.15) is 5.10 Å². The van der Waals surface area contributed by atoms with Gasteiger partial charge in [-0.3, -0.25) is 9.48 Å². The number of anilines is 2. The topological polar surface area (TPSA) is 110 Å². The van der Waals surface area contributed by atoms with Gasteiger partial charge in [0.15, 0.2) is 5.82 Å². The first-order valence-corrected chi connectivity index (χ1v) is 10.3. The Hall–Kier alpha value is -3.88. The number of ether oxygens (including phenoxy) is 1. The van der Waals surface area contributed by atoms with Crippen LogP contribution in [0.15, 0.2) is 55.0 Å². The molecule has 2 amide bonds. The molecule has 2 aromatic heterocycles. The summed E-state index contributed by atoms with van der Waals surface area (Å²) in [5, 5.41) is 13.1. The molecule has 1 aliphatic rings. The number of carbonyl (C=O) groups is 2. The lowest BCUT2D eigenvalue weighted by atomic mass is 9.97. The summed E-state index contributed by atoms with van der Waals surface area (Å²) in [6.07, 6.45) is 4.73. The van der Waals surface area contributed by atoms with Crippen LogP contribution in [-0.4, -0.2) is 38.4 Å². The molecule has 3 aromatic rings. The van der Waals surface area contributed by atoms with E-state index < -0.39 is 23.8 Å². The van der Waals surface area contributed by atoms with Crippen LogP contribution in [0, 0.1) is 0 Å². The maximum atomic E-state index is 13.1. The predicted octanol–water partition coefficient (Wildman–Crippen LogP) is 3.48. The average Bonchev–Trinajstić information content (AvgIpc) is 3.17. The highest BCUT2D eigenvalue weighted by atomic mass is 16.6. The van der Waals surface area contributed by atoms with Crippen molar-refractivity contribution >= 4 is 23.5 Å². The van der Waals surface area contributed by atoms with E-state index in [1.54, 1.807) is 37.8 Å². The van der Waals surface area contributed by atoms with Crippen molar-refractivity contribution in [3.63, 3.8) is 0 Å². The van der Waals surface area contributed by atoms with Crippen molar-refractivity contribution < 1.29 is 14.3 Å². The van der Waals surface area contributed by atoms with Crippen molar-refractivity contribution in [2.45, 2.75) is 38.5 Å². The molecule has 0 radical (unpaired) electrons. The second-order valence-corrected chi connectivity index (χ2v) is 8.67. The number of nitrogens with zero attached hydrogens (tertiary/aromatic N) is 3. The number of amides is 2. The van der Waals surface area contributed by atoms with Gasteiger partial charge in [-0.25, -0.2) is 9.78 Å². The quantitative estimate of drug-likeness (QED) is 0.580. The molecule has 3 N–H and O–H groups in total. The van der Waals surface area contributed by atoms with E-state index in [9.17, 15) is 9.59 Å². The van der Waals surface area contributed by atoms with Gasteiger partial charge in [-0.1, -0.05) is 30.3 Å². The van der Waals surface area contributed by atoms with Gasteiger partial charge in [-0.05, 0) is 32.4 Å². The average molecular weight is 435 g/mol. The van der Waals surface area contributed by atoms with E-state index in [0.717, 1.165) is 16.7 Å². The molecular formula is C23H26N6O3. The molecule has 0 bridgehead atoms. The summed E-state index contributed by atoms with van der Waals surface area (Å²) < 4.78 is 7.12. The molecule has 0 saturated carbocycles. The molecule has 9 heteroatoms. The third kappa shape index (κ3) is 4.72. The van der Waals surface area contributed by atoms with Gasteiger partial charge in [0.25, 0.3) is 0 Å². The lowest BCUT2D eigenvalue weighted by molar-refractivity contribution is -0.117. The fraction of sp³-hybridized carbons (Fsp3) is 0.304. The maximum absolute atomic E-state index is 13.1. The van der Waals surface area contributed by atoms with Crippen molar-refractivity contribution in [2.75, 3.05) is 10.6 Å². The number of benzene rings is 1. The van der Waals surface area contributed by atoms with Crippen LogP contribution in [-0.2, 0) is 16.6 Å². The standard InChI is InChI=1S/C23H26N6O3/c1-23(2,3)32-22(31)28-18(14-8-6-5-7-9-14)19-21(30)26-17-10-15(11-24-20(17)27-19)16-12-25-29(4)13-16/h5-13,18-19H,1-4H3,(H,24,27)(H,26,30)(H,28,31)/t18-,19+/m1/s1. The number of carbonyl (C=O) groups excluding carboxylic acids is 2. The van der Waals surface area contributed by atoms with Gasteiger partial charge < -0.3 is 20.7 Å². The van der Waals surface area contributed by atoms with Gasteiger partial charge in [0.2, 0.25) is 5.91 Å². The van der Waals surface area contributed by atoms with Crippen LogP contribution < -0.4 is 16.0 Å². The fourth-order valence-corrected chi connectivity index (χ4v) is 3.52. The molecule has 0 aliphatic carbocycles. The van der Waals surface area contributed by atoms with E-state index in [1.165, 1.54) is 0 Å². The van der Waals surface area contributed by atoms with Gasteiger partial charge in [0.1, 0.15) is 11.6 Å². The number of pyridine rings is 1. The number of alkyl carbamates (subject to hydrolysis) is 1. The molecule has 166 valence electrons. The highest BCUT2D eigenvalue weighted by molar-refractivity contribution is 6.03. The number of aryl methyl sites for hydroxylation is 1. The van der Waals surface area contributed by atoms with E-state index in [0.29, 0.717) is 11.5 Å².